The molecule has 0 radical (unpaired) electrons. The molecule has 4 nitrogen and oxygen atoms in total. The summed E-state index contributed by atoms with van der Waals surface area (Å²) in [7, 11) is 0. The number of hydrogen-bond acceptors (Lipinski definition) is 4. The van der Waals surface area contributed by atoms with E-state index in [9.17, 15) is 4.79 Å². The minimum atomic E-state index is -0.0672. The predicted molar refractivity (Wildman–Crippen MR) is 58.5 cm³/mol. The van der Waals surface area contributed by atoms with E-state index in [0.717, 1.165) is 24.6 Å². The van der Waals surface area contributed by atoms with Crippen LogP contribution in [0, 0.1) is 0 Å². The Morgan fingerprint density at radius 3 is 2.79 bits per heavy atom. The third-order valence-corrected chi connectivity index (χ3v) is 3.33. The second-order valence-electron chi connectivity index (χ2n) is 3.34. The van der Waals surface area contributed by atoms with E-state index < -0.39 is 0 Å². The molecule has 0 spiro atoms. The molecule has 0 bridgehead atoms. The first-order chi connectivity index (χ1) is 6.75. The molecule has 0 saturated carbocycles. The maximum Gasteiger partial charge on any atom is 0.237 e. The van der Waals surface area contributed by atoms with Crippen molar-refractivity contribution in [3.63, 3.8) is 0 Å². The summed E-state index contributed by atoms with van der Waals surface area (Å²) in [6.45, 7) is 4.25. The van der Waals surface area contributed by atoms with Crippen LogP contribution in [0.3, 0.4) is 0 Å². The largest absolute Gasteiger partial charge is 0.395 e. The third kappa shape index (κ3) is 3.48. The molecule has 1 fully saturated rings. The van der Waals surface area contributed by atoms with Crippen molar-refractivity contribution in [1.29, 1.82) is 0 Å². The average Bonchev–Trinajstić information content (AvgIpc) is 2.26. The van der Waals surface area contributed by atoms with Crippen molar-refractivity contribution in [2.45, 2.75) is 13.0 Å². The first-order valence-electron chi connectivity index (χ1n) is 4.96. The Kier molecular flexibility index (Phi) is 5.29. The highest BCUT2D eigenvalue weighted by Crippen LogP contribution is 2.11. The number of hydrogen-bond donors (Lipinski definition) is 2. The molecule has 14 heavy (non-hydrogen) atoms. The van der Waals surface area contributed by atoms with Gasteiger partial charge in [0.2, 0.25) is 5.91 Å². The van der Waals surface area contributed by atoms with Crippen LogP contribution in [0.4, 0.5) is 0 Å². The summed E-state index contributed by atoms with van der Waals surface area (Å²) < 4.78 is 0. The number of carbonyl (C=O) groups is 1. The zero-order valence-corrected chi connectivity index (χ0v) is 9.35. The van der Waals surface area contributed by atoms with Crippen molar-refractivity contribution in [3.05, 3.63) is 0 Å². The van der Waals surface area contributed by atoms with Gasteiger partial charge in [0, 0.05) is 31.1 Å². The van der Waals surface area contributed by atoms with Gasteiger partial charge in [-0.1, -0.05) is 0 Å². The van der Waals surface area contributed by atoms with Crippen LogP contribution in [-0.4, -0.2) is 59.7 Å². The highest BCUT2D eigenvalue weighted by molar-refractivity contribution is 7.99. The summed E-state index contributed by atoms with van der Waals surface area (Å²) in [5, 5.41) is 11.3. The fraction of sp³-hybridized carbons (Fsp3) is 0.889. The Hall–Kier alpha value is -0.260. The van der Waals surface area contributed by atoms with Gasteiger partial charge in [0.1, 0.15) is 0 Å². The summed E-state index contributed by atoms with van der Waals surface area (Å²) >= 11 is 1.93. The van der Waals surface area contributed by atoms with E-state index in [1.807, 2.05) is 18.7 Å². The number of carbonyl (C=O) groups excluding carboxylic acids is 1. The molecule has 1 aliphatic heterocycles. The highest BCUT2D eigenvalue weighted by Gasteiger charge is 2.22. The van der Waals surface area contributed by atoms with Crippen molar-refractivity contribution in [2.24, 2.45) is 0 Å². The first kappa shape index (κ1) is 11.8. The van der Waals surface area contributed by atoms with E-state index in [4.69, 9.17) is 5.11 Å². The quantitative estimate of drug-likeness (QED) is 0.670. The number of rotatable bonds is 4. The summed E-state index contributed by atoms with van der Waals surface area (Å²) in [6.07, 6.45) is 0. The molecule has 1 atom stereocenters. The van der Waals surface area contributed by atoms with E-state index in [2.05, 4.69) is 10.2 Å². The van der Waals surface area contributed by atoms with Gasteiger partial charge < -0.3 is 10.4 Å². The number of aliphatic hydroxyl groups is 1. The molecule has 1 rings (SSSR count). The number of amides is 1. The molecule has 5 heteroatoms. The molecule has 1 unspecified atom stereocenters. The van der Waals surface area contributed by atoms with E-state index in [-0.39, 0.29) is 18.6 Å². The summed E-state index contributed by atoms with van der Waals surface area (Å²) in [5.41, 5.74) is 0. The number of aliphatic hydroxyl groups excluding tert-OH is 1. The van der Waals surface area contributed by atoms with Crippen LogP contribution in [0.1, 0.15) is 6.92 Å². The minimum Gasteiger partial charge on any atom is -0.395 e. The van der Waals surface area contributed by atoms with E-state index in [1.165, 1.54) is 0 Å². The van der Waals surface area contributed by atoms with Crippen LogP contribution in [0.2, 0.25) is 0 Å². The molecule has 1 heterocycles. The number of thioether (sulfide) groups is 1. The molecule has 1 aliphatic rings. The van der Waals surface area contributed by atoms with Gasteiger partial charge >= 0.3 is 0 Å². The fourth-order valence-corrected chi connectivity index (χ4v) is 2.39. The molecule has 0 aromatic rings. The van der Waals surface area contributed by atoms with Gasteiger partial charge in [-0.05, 0) is 6.92 Å². The van der Waals surface area contributed by atoms with E-state index in [1.54, 1.807) is 0 Å². The van der Waals surface area contributed by atoms with Gasteiger partial charge in [-0.2, -0.15) is 11.8 Å². The smallest absolute Gasteiger partial charge is 0.237 e. The SMILES string of the molecule is CC(C(=O)NCCO)N1CCSCC1. The fourth-order valence-electron chi connectivity index (χ4n) is 1.46. The summed E-state index contributed by atoms with van der Waals surface area (Å²) in [6, 6.07) is -0.0672. The minimum absolute atomic E-state index is 0.00825. The van der Waals surface area contributed by atoms with Crippen molar-refractivity contribution < 1.29 is 9.90 Å². The van der Waals surface area contributed by atoms with E-state index in [0.29, 0.717) is 6.54 Å². The molecule has 0 aromatic heterocycles. The lowest BCUT2D eigenvalue weighted by Crippen LogP contribution is -2.48. The zero-order chi connectivity index (χ0) is 10.4. The van der Waals surface area contributed by atoms with Gasteiger partial charge in [0.25, 0.3) is 0 Å². The third-order valence-electron chi connectivity index (χ3n) is 2.38. The molecule has 0 aromatic carbocycles. The van der Waals surface area contributed by atoms with Gasteiger partial charge in [-0.25, -0.2) is 0 Å². The molecule has 1 amide bonds. The Morgan fingerprint density at radius 1 is 1.57 bits per heavy atom. The lowest BCUT2D eigenvalue weighted by atomic mass is 10.2. The topological polar surface area (TPSA) is 52.6 Å². The normalized spacial score (nSPS) is 20.4. The van der Waals surface area contributed by atoms with Crippen LogP contribution in [0.5, 0.6) is 0 Å². The Morgan fingerprint density at radius 2 is 2.21 bits per heavy atom. The molecule has 1 saturated heterocycles. The van der Waals surface area contributed by atoms with Gasteiger partial charge in [0.15, 0.2) is 0 Å². The summed E-state index contributed by atoms with van der Waals surface area (Å²) in [5.74, 6) is 2.24. The van der Waals surface area contributed by atoms with Crippen LogP contribution in [0.25, 0.3) is 0 Å². The molecule has 82 valence electrons. The maximum atomic E-state index is 11.5. The van der Waals surface area contributed by atoms with Crippen molar-refractivity contribution in [1.82, 2.24) is 10.2 Å². The summed E-state index contributed by atoms with van der Waals surface area (Å²) in [4.78, 5) is 13.7. The average molecular weight is 218 g/mol. The van der Waals surface area contributed by atoms with Crippen molar-refractivity contribution in [3.8, 4) is 0 Å². The Labute approximate surface area is 89.0 Å². The van der Waals surface area contributed by atoms with Crippen LogP contribution in [-0.2, 0) is 4.79 Å². The number of nitrogens with one attached hydrogen (secondary N) is 1. The first-order valence-corrected chi connectivity index (χ1v) is 6.11. The molecular weight excluding hydrogens is 200 g/mol. The predicted octanol–water partition coefficient (Wildman–Crippen LogP) is -0.468. The maximum absolute atomic E-state index is 11.5. The van der Waals surface area contributed by atoms with Gasteiger partial charge in [0.05, 0.1) is 12.6 Å². The molecular formula is C9H18N2O2S. The van der Waals surface area contributed by atoms with Crippen molar-refractivity contribution in [2.75, 3.05) is 37.7 Å². The lowest BCUT2D eigenvalue weighted by Gasteiger charge is -2.31. The number of nitrogens with zero attached hydrogens (tertiary/aromatic N) is 1. The zero-order valence-electron chi connectivity index (χ0n) is 8.53. The lowest BCUT2D eigenvalue weighted by molar-refractivity contribution is -0.125. The molecule has 2 N–H and O–H groups in total. The monoisotopic (exact) mass is 218 g/mol. The van der Waals surface area contributed by atoms with Gasteiger partial charge in [-0.3, -0.25) is 9.69 Å². The standard InChI is InChI=1S/C9H18N2O2S/c1-8(9(13)10-2-5-12)11-3-6-14-7-4-11/h8,12H,2-7H2,1H3,(H,10,13). The molecule has 0 aliphatic carbocycles. The van der Waals surface area contributed by atoms with Crippen LogP contribution in [0.15, 0.2) is 0 Å². The Balaban J connectivity index is 2.30. The highest BCUT2D eigenvalue weighted by atomic mass is 32.2. The second-order valence-corrected chi connectivity index (χ2v) is 4.56. The Bertz CT molecular complexity index is 184. The van der Waals surface area contributed by atoms with E-state index >= 15 is 0 Å². The van der Waals surface area contributed by atoms with Crippen LogP contribution < -0.4 is 5.32 Å². The van der Waals surface area contributed by atoms with Crippen molar-refractivity contribution >= 4 is 17.7 Å². The van der Waals surface area contributed by atoms with Crippen LogP contribution >= 0.6 is 11.8 Å². The van der Waals surface area contributed by atoms with Gasteiger partial charge in [-0.15, -0.1) is 0 Å². The second kappa shape index (κ2) is 6.27.